The molecule has 3 nitrogen and oxygen atoms in total. The maximum atomic E-state index is 10.9. The standard InChI is InChI=1S/C14H17NO2/c1-2-3-8-15-9-4-5-11-10-12(14(16)17)6-7-13(11)15/h2-3,6-7,10H,4-5,8-9H2,1H3,(H,16,17)/b3-2+. The van der Waals surface area contributed by atoms with E-state index in [0.717, 1.165) is 31.5 Å². The van der Waals surface area contributed by atoms with E-state index >= 15 is 0 Å². The van der Waals surface area contributed by atoms with Crippen LogP contribution in [0.2, 0.25) is 0 Å². The van der Waals surface area contributed by atoms with Crippen LogP contribution in [0.4, 0.5) is 5.69 Å². The summed E-state index contributed by atoms with van der Waals surface area (Å²) in [5.74, 6) is -0.849. The minimum absolute atomic E-state index is 0.386. The number of benzene rings is 1. The summed E-state index contributed by atoms with van der Waals surface area (Å²) >= 11 is 0. The molecule has 1 heterocycles. The third-order valence-corrected chi connectivity index (χ3v) is 3.10. The number of carbonyl (C=O) groups is 1. The molecule has 0 spiro atoms. The van der Waals surface area contributed by atoms with Gasteiger partial charge in [0, 0.05) is 18.8 Å². The highest BCUT2D eigenvalue weighted by molar-refractivity contribution is 5.88. The zero-order valence-electron chi connectivity index (χ0n) is 10.0. The van der Waals surface area contributed by atoms with Crippen LogP contribution in [0.1, 0.15) is 29.3 Å². The summed E-state index contributed by atoms with van der Waals surface area (Å²) in [5.41, 5.74) is 2.72. The lowest BCUT2D eigenvalue weighted by Gasteiger charge is -2.30. The van der Waals surface area contributed by atoms with Gasteiger partial charge in [-0.2, -0.15) is 0 Å². The normalized spacial score (nSPS) is 15.0. The van der Waals surface area contributed by atoms with Crippen LogP contribution < -0.4 is 4.90 Å². The molecule has 1 aliphatic rings. The second kappa shape index (κ2) is 5.04. The number of rotatable bonds is 3. The monoisotopic (exact) mass is 231 g/mol. The molecular formula is C14H17NO2. The van der Waals surface area contributed by atoms with Crippen molar-refractivity contribution in [3.8, 4) is 0 Å². The lowest BCUT2D eigenvalue weighted by Crippen LogP contribution is -2.29. The molecule has 0 saturated carbocycles. The highest BCUT2D eigenvalue weighted by Crippen LogP contribution is 2.27. The Hall–Kier alpha value is -1.77. The van der Waals surface area contributed by atoms with Gasteiger partial charge in [0.15, 0.2) is 0 Å². The Kier molecular flexibility index (Phi) is 3.47. The van der Waals surface area contributed by atoms with E-state index in [2.05, 4.69) is 11.0 Å². The van der Waals surface area contributed by atoms with Crippen molar-refractivity contribution in [2.45, 2.75) is 19.8 Å². The Labute approximate surface area is 101 Å². The Bertz CT molecular complexity index is 452. The van der Waals surface area contributed by atoms with Gasteiger partial charge >= 0.3 is 5.97 Å². The van der Waals surface area contributed by atoms with Gasteiger partial charge in [-0.1, -0.05) is 12.2 Å². The van der Waals surface area contributed by atoms with Gasteiger partial charge in [0.1, 0.15) is 0 Å². The maximum absolute atomic E-state index is 10.9. The second-order valence-corrected chi connectivity index (χ2v) is 4.27. The Balaban J connectivity index is 2.29. The van der Waals surface area contributed by atoms with Gasteiger partial charge in [-0.15, -0.1) is 0 Å². The first-order valence-electron chi connectivity index (χ1n) is 5.94. The number of nitrogens with zero attached hydrogens (tertiary/aromatic N) is 1. The lowest BCUT2D eigenvalue weighted by molar-refractivity contribution is 0.0697. The average molecular weight is 231 g/mol. The molecule has 0 aliphatic carbocycles. The van der Waals surface area contributed by atoms with Crippen LogP contribution in [0.15, 0.2) is 30.4 Å². The number of anilines is 1. The first-order chi connectivity index (χ1) is 8.22. The molecule has 0 unspecified atom stereocenters. The van der Waals surface area contributed by atoms with Gasteiger partial charge in [0.05, 0.1) is 5.56 Å². The third kappa shape index (κ3) is 2.49. The minimum Gasteiger partial charge on any atom is -0.478 e. The second-order valence-electron chi connectivity index (χ2n) is 4.27. The molecule has 0 bridgehead atoms. The number of aromatic carboxylic acids is 1. The van der Waals surface area contributed by atoms with Crippen LogP contribution in [0.5, 0.6) is 0 Å². The van der Waals surface area contributed by atoms with Crippen molar-refractivity contribution >= 4 is 11.7 Å². The minimum atomic E-state index is -0.849. The number of hydrogen-bond donors (Lipinski definition) is 1. The summed E-state index contributed by atoms with van der Waals surface area (Å²) in [7, 11) is 0. The number of aryl methyl sites for hydroxylation is 1. The van der Waals surface area contributed by atoms with Crippen LogP contribution in [0.25, 0.3) is 0 Å². The van der Waals surface area contributed by atoms with Gasteiger partial charge in [-0.05, 0) is 43.5 Å². The Morgan fingerprint density at radius 2 is 2.35 bits per heavy atom. The van der Waals surface area contributed by atoms with Crippen molar-refractivity contribution < 1.29 is 9.90 Å². The molecule has 90 valence electrons. The molecule has 0 radical (unpaired) electrons. The van der Waals surface area contributed by atoms with Crippen LogP contribution >= 0.6 is 0 Å². The van der Waals surface area contributed by atoms with E-state index in [9.17, 15) is 4.79 Å². The molecule has 3 heteroatoms. The average Bonchev–Trinajstić information content (AvgIpc) is 2.35. The number of fused-ring (bicyclic) bond motifs is 1. The fraction of sp³-hybridized carbons (Fsp3) is 0.357. The summed E-state index contributed by atoms with van der Waals surface area (Å²) < 4.78 is 0. The number of carboxylic acid groups (broad SMARTS) is 1. The van der Waals surface area contributed by atoms with E-state index < -0.39 is 5.97 Å². The van der Waals surface area contributed by atoms with E-state index in [4.69, 9.17) is 5.11 Å². The fourth-order valence-electron chi connectivity index (χ4n) is 2.23. The summed E-state index contributed by atoms with van der Waals surface area (Å²) in [6.45, 7) is 3.96. The molecule has 0 aromatic heterocycles. The molecule has 1 N–H and O–H groups in total. The molecular weight excluding hydrogens is 214 g/mol. The van der Waals surface area contributed by atoms with E-state index in [0.29, 0.717) is 5.56 Å². The zero-order valence-corrected chi connectivity index (χ0v) is 10.0. The highest BCUT2D eigenvalue weighted by Gasteiger charge is 2.17. The smallest absolute Gasteiger partial charge is 0.335 e. The van der Waals surface area contributed by atoms with Crippen molar-refractivity contribution in [3.05, 3.63) is 41.5 Å². The number of carboxylic acids is 1. The van der Waals surface area contributed by atoms with Gasteiger partial charge in [0.25, 0.3) is 0 Å². The predicted molar refractivity (Wildman–Crippen MR) is 68.7 cm³/mol. The molecule has 1 aliphatic heterocycles. The SMILES string of the molecule is C/C=C/CN1CCCc2cc(C(=O)O)ccc21. The van der Waals surface area contributed by atoms with Crippen LogP contribution in [0.3, 0.4) is 0 Å². The Morgan fingerprint density at radius 3 is 3.06 bits per heavy atom. The number of allylic oxidation sites excluding steroid dienone is 1. The molecule has 0 saturated heterocycles. The number of hydrogen-bond acceptors (Lipinski definition) is 2. The highest BCUT2D eigenvalue weighted by atomic mass is 16.4. The summed E-state index contributed by atoms with van der Waals surface area (Å²) in [4.78, 5) is 13.2. The van der Waals surface area contributed by atoms with Crippen molar-refractivity contribution in [1.82, 2.24) is 0 Å². The van der Waals surface area contributed by atoms with E-state index in [1.807, 2.05) is 19.1 Å². The third-order valence-electron chi connectivity index (χ3n) is 3.10. The van der Waals surface area contributed by atoms with Gasteiger partial charge < -0.3 is 10.0 Å². The summed E-state index contributed by atoms with van der Waals surface area (Å²) in [6.07, 6.45) is 6.23. The van der Waals surface area contributed by atoms with Crippen LogP contribution in [-0.4, -0.2) is 24.2 Å². The topological polar surface area (TPSA) is 40.5 Å². The van der Waals surface area contributed by atoms with Crippen LogP contribution in [0, 0.1) is 0 Å². The van der Waals surface area contributed by atoms with Crippen molar-refractivity contribution in [1.29, 1.82) is 0 Å². The van der Waals surface area contributed by atoms with E-state index in [-0.39, 0.29) is 0 Å². The molecule has 0 fully saturated rings. The molecule has 17 heavy (non-hydrogen) atoms. The van der Waals surface area contributed by atoms with Crippen molar-refractivity contribution in [2.24, 2.45) is 0 Å². The zero-order chi connectivity index (χ0) is 12.3. The Morgan fingerprint density at radius 1 is 1.53 bits per heavy atom. The van der Waals surface area contributed by atoms with E-state index in [1.165, 1.54) is 5.69 Å². The van der Waals surface area contributed by atoms with Gasteiger partial charge in [-0.25, -0.2) is 4.79 Å². The molecule has 0 atom stereocenters. The predicted octanol–water partition coefficient (Wildman–Crippen LogP) is 2.71. The van der Waals surface area contributed by atoms with Crippen molar-refractivity contribution in [3.63, 3.8) is 0 Å². The fourth-order valence-corrected chi connectivity index (χ4v) is 2.23. The van der Waals surface area contributed by atoms with Crippen molar-refractivity contribution in [2.75, 3.05) is 18.0 Å². The van der Waals surface area contributed by atoms with E-state index in [1.54, 1.807) is 12.1 Å². The molecule has 0 amide bonds. The molecule has 1 aromatic carbocycles. The molecule has 2 rings (SSSR count). The quantitative estimate of drug-likeness (QED) is 0.813. The maximum Gasteiger partial charge on any atom is 0.335 e. The molecule has 1 aromatic rings. The first-order valence-corrected chi connectivity index (χ1v) is 5.94. The first kappa shape index (κ1) is 11.7. The largest absolute Gasteiger partial charge is 0.478 e. The summed E-state index contributed by atoms with van der Waals surface area (Å²) in [5, 5.41) is 8.97. The van der Waals surface area contributed by atoms with Crippen LogP contribution in [-0.2, 0) is 6.42 Å². The lowest BCUT2D eigenvalue weighted by atomic mass is 9.99. The van der Waals surface area contributed by atoms with Gasteiger partial charge in [0.2, 0.25) is 0 Å². The van der Waals surface area contributed by atoms with Gasteiger partial charge in [-0.3, -0.25) is 0 Å². The summed E-state index contributed by atoms with van der Waals surface area (Å²) in [6, 6.07) is 5.43.